The van der Waals surface area contributed by atoms with Gasteiger partial charge in [-0.3, -0.25) is 0 Å². The Labute approximate surface area is 81.9 Å². The number of pyridine rings is 1. The molecule has 0 fully saturated rings. The molecule has 1 N–H and O–H groups in total. The third-order valence-electron chi connectivity index (χ3n) is 1.26. The molecular formula is C7H5ClF4N2. The number of nitrogens with zero attached hydrogens (tertiary/aromatic N) is 1. The van der Waals surface area contributed by atoms with Crippen molar-refractivity contribution in [1.82, 2.24) is 4.98 Å². The van der Waals surface area contributed by atoms with Crippen LogP contribution < -0.4 is 5.32 Å². The second-order valence-corrected chi connectivity index (χ2v) is 2.89. The number of rotatable bonds is 2. The molecule has 0 unspecified atom stereocenters. The molecule has 0 saturated carbocycles. The molecule has 0 aromatic carbocycles. The lowest BCUT2D eigenvalue weighted by atomic mass is 10.4. The van der Waals surface area contributed by atoms with Crippen molar-refractivity contribution in [3.05, 3.63) is 23.1 Å². The van der Waals surface area contributed by atoms with Gasteiger partial charge in [-0.2, -0.15) is 13.2 Å². The molecule has 14 heavy (non-hydrogen) atoms. The van der Waals surface area contributed by atoms with Gasteiger partial charge in [-0.15, -0.1) is 0 Å². The maximum absolute atomic E-state index is 12.8. The van der Waals surface area contributed by atoms with Crippen LogP contribution in [0.2, 0.25) is 5.02 Å². The van der Waals surface area contributed by atoms with Crippen LogP contribution in [0, 0.1) is 5.82 Å². The number of aromatic nitrogens is 1. The summed E-state index contributed by atoms with van der Waals surface area (Å²) < 4.78 is 48.0. The number of anilines is 1. The average Bonchev–Trinajstić information content (AvgIpc) is 2.00. The Morgan fingerprint density at radius 3 is 2.57 bits per heavy atom. The highest BCUT2D eigenvalue weighted by atomic mass is 35.5. The van der Waals surface area contributed by atoms with E-state index in [1.165, 1.54) is 0 Å². The van der Waals surface area contributed by atoms with Gasteiger partial charge in [0.25, 0.3) is 0 Å². The first-order chi connectivity index (χ1) is 6.38. The fraction of sp³-hybridized carbons (Fsp3) is 0.286. The van der Waals surface area contributed by atoms with Crippen molar-refractivity contribution in [2.45, 2.75) is 6.18 Å². The van der Waals surface area contributed by atoms with E-state index in [9.17, 15) is 17.6 Å². The van der Waals surface area contributed by atoms with Crippen molar-refractivity contribution in [1.29, 1.82) is 0 Å². The predicted molar refractivity (Wildman–Crippen MR) is 43.7 cm³/mol. The zero-order chi connectivity index (χ0) is 10.8. The summed E-state index contributed by atoms with van der Waals surface area (Å²) in [7, 11) is 0. The summed E-state index contributed by atoms with van der Waals surface area (Å²) in [5.74, 6) is -1.38. The van der Waals surface area contributed by atoms with Crippen molar-refractivity contribution in [2.75, 3.05) is 11.9 Å². The van der Waals surface area contributed by atoms with E-state index in [1.807, 2.05) is 5.32 Å². The smallest absolute Gasteiger partial charge is 0.359 e. The van der Waals surface area contributed by atoms with Crippen LogP contribution in [0.5, 0.6) is 0 Å². The second kappa shape index (κ2) is 4.00. The molecule has 0 aliphatic carbocycles. The van der Waals surface area contributed by atoms with Crippen molar-refractivity contribution in [2.24, 2.45) is 0 Å². The molecule has 1 rings (SSSR count). The predicted octanol–water partition coefficient (Wildman–Crippen LogP) is 2.85. The number of alkyl halides is 3. The Morgan fingerprint density at radius 1 is 1.43 bits per heavy atom. The summed E-state index contributed by atoms with van der Waals surface area (Å²) in [4.78, 5) is 3.36. The van der Waals surface area contributed by atoms with E-state index in [2.05, 4.69) is 4.98 Å². The molecular weight excluding hydrogens is 224 g/mol. The van der Waals surface area contributed by atoms with Gasteiger partial charge in [-0.1, -0.05) is 11.6 Å². The Bertz CT molecular complexity index is 326. The third kappa shape index (κ3) is 3.37. The van der Waals surface area contributed by atoms with Crippen LogP contribution in [0.1, 0.15) is 0 Å². The van der Waals surface area contributed by atoms with Crippen molar-refractivity contribution >= 4 is 17.4 Å². The van der Waals surface area contributed by atoms with Crippen molar-refractivity contribution in [3.8, 4) is 0 Å². The highest BCUT2D eigenvalue weighted by Crippen LogP contribution is 2.19. The van der Waals surface area contributed by atoms with Crippen LogP contribution >= 0.6 is 11.6 Å². The van der Waals surface area contributed by atoms with E-state index in [0.717, 1.165) is 12.3 Å². The van der Waals surface area contributed by atoms with Gasteiger partial charge in [-0.05, 0) is 6.07 Å². The van der Waals surface area contributed by atoms with Crippen molar-refractivity contribution < 1.29 is 17.6 Å². The zero-order valence-electron chi connectivity index (χ0n) is 6.70. The first-order valence-corrected chi connectivity index (χ1v) is 3.88. The van der Waals surface area contributed by atoms with E-state index in [4.69, 9.17) is 11.6 Å². The normalized spacial score (nSPS) is 11.5. The summed E-state index contributed by atoms with van der Waals surface area (Å²) in [6.07, 6.45) is -3.35. The third-order valence-corrected chi connectivity index (χ3v) is 1.47. The maximum Gasteiger partial charge on any atom is 0.405 e. The first-order valence-electron chi connectivity index (χ1n) is 3.50. The van der Waals surface area contributed by atoms with E-state index in [-0.39, 0.29) is 5.02 Å². The van der Waals surface area contributed by atoms with Crippen LogP contribution in [0.25, 0.3) is 0 Å². The quantitative estimate of drug-likeness (QED) is 0.788. The van der Waals surface area contributed by atoms with E-state index in [1.54, 1.807) is 0 Å². The lowest BCUT2D eigenvalue weighted by Gasteiger charge is -2.08. The molecule has 0 amide bonds. The Balaban J connectivity index is 2.68. The highest BCUT2D eigenvalue weighted by molar-refractivity contribution is 6.30. The number of halogens is 5. The average molecular weight is 229 g/mol. The molecule has 78 valence electrons. The van der Waals surface area contributed by atoms with Gasteiger partial charge in [0.05, 0.1) is 5.02 Å². The molecule has 0 radical (unpaired) electrons. The largest absolute Gasteiger partial charge is 0.405 e. The van der Waals surface area contributed by atoms with Gasteiger partial charge in [0, 0.05) is 6.20 Å². The summed E-state index contributed by atoms with van der Waals surface area (Å²) in [5.41, 5.74) is 0. The lowest BCUT2D eigenvalue weighted by molar-refractivity contribution is -0.115. The van der Waals surface area contributed by atoms with Crippen molar-refractivity contribution in [3.63, 3.8) is 0 Å². The van der Waals surface area contributed by atoms with Crippen LogP contribution in [-0.2, 0) is 0 Å². The summed E-state index contributed by atoms with van der Waals surface area (Å²) in [6.45, 7) is -1.33. The standard InChI is InChI=1S/C7H5ClF4N2/c8-4-1-5(9)6(13-2-4)14-3-7(10,11)12/h1-2H,3H2,(H,13,14). The molecule has 0 bridgehead atoms. The number of nitrogens with one attached hydrogen (secondary N) is 1. The molecule has 0 saturated heterocycles. The molecule has 1 heterocycles. The maximum atomic E-state index is 12.8. The SMILES string of the molecule is Fc1cc(Cl)cnc1NCC(F)(F)F. The van der Waals surface area contributed by atoms with Gasteiger partial charge in [0.2, 0.25) is 0 Å². The van der Waals surface area contributed by atoms with E-state index < -0.39 is 24.4 Å². The molecule has 0 aliphatic rings. The van der Waals surface area contributed by atoms with E-state index in [0.29, 0.717) is 0 Å². The number of hydrogen-bond donors (Lipinski definition) is 1. The van der Waals surface area contributed by atoms with Gasteiger partial charge in [-0.25, -0.2) is 9.37 Å². The zero-order valence-corrected chi connectivity index (χ0v) is 7.45. The lowest BCUT2D eigenvalue weighted by Crippen LogP contribution is -2.22. The minimum Gasteiger partial charge on any atom is -0.359 e. The van der Waals surface area contributed by atoms with Gasteiger partial charge in [0.15, 0.2) is 11.6 Å². The highest BCUT2D eigenvalue weighted by Gasteiger charge is 2.27. The summed E-state index contributed by atoms with van der Waals surface area (Å²) in [5, 5.41) is 1.84. The van der Waals surface area contributed by atoms with Crippen LogP contribution in [0.15, 0.2) is 12.3 Å². The number of hydrogen-bond acceptors (Lipinski definition) is 2. The molecule has 2 nitrogen and oxygen atoms in total. The first kappa shape index (κ1) is 11.0. The minimum atomic E-state index is -4.41. The topological polar surface area (TPSA) is 24.9 Å². The fourth-order valence-electron chi connectivity index (χ4n) is 0.729. The molecule has 0 atom stereocenters. The monoisotopic (exact) mass is 228 g/mol. The molecule has 0 aliphatic heterocycles. The molecule has 1 aromatic heterocycles. The molecule has 7 heteroatoms. The van der Waals surface area contributed by atoms with Crippen LogP contribution in [0.3, 0.4) is 0 Å². The minimum absolute atomic E-state index is 0.0278. The van der Waals surface area contributed by atoms with Crippen LogP contribution in [0.4, 0.5) is 23.4 Å². The van der Waals surface area contributed by atoms with Gasteiger partial charge >= 0.3 is 6.18 Å². The van der Waals surface area contributed by atoms with Gasteiger partial charge < -0.3 is 5.32 Å². The van der Waals surface area contributed by atoms with Gasteiger partial charge in [0.1, 0.15) is 6.54 Å². The second-order valence-electron chi connectivity index (χ2n) is 2.45. The Hall–Kier alpha value is -1.04. The molecule has 0 spiro atoms. The van der Waals surface area contributed by atoms with Crippen LogP contribution in [-0.4, -0.2) is 17.7 Å². The fourth-order valence-corrected chi connectivity index (χ4v) is 0.873. The Morgan fingerprint density at radius 2 is 2.07 bits per heavy atom. The van der Waals surface area contributed by atoms with E-state index >= 15 is 0 Å². The summed E-state index contributed by atoms with van der Waals surface area (Å²) in [6, 6.07) is 0.882. The molecule has 1 aromatic rings. The summed E-state index contributed by atoms with van der Waals surface area (Å²) >= 11 is 5.35. The Kier molecular flexibility index (Phi) is 3.15.